The third kappa shape index (κ3) is 2.33. The summed E-state index contributed by atoms with van der Waals surface area (Å²) in [6.07, 6.45) is 0.732. The van der Waals surface area contributed by atoms with Crippen LogP contribution < -0.4 is 10.5 Å². The first-order valence-corrected chi connectivity index (χ1v) is 7.14. The normalized spacial score (nSPS) is 13.5. The summed E-state index contributed by atoms with van der Waals surface area (Å²) in [5.74, 6) is 0. The number of benzene rings is 1. The Morgan fingerprint density at radius 2 is 2.10 bits per heavy atom. The number of fused-ring (bicyclic) bond motifs is 1. The maximum absolute atomic E-state index is 9.42. The fourth-order valence-corrected chi connectivity index (χ4v) is 3.09. The zero-order valence-electron chi connectivity index (χ0n) is 11.1. The maximum Gasteiger partial charge on any atom is 0.0740 e. The lowest BCUT2D eigenvalue weighted by atomic mass is 9.97. The van der Waals surface area contributed by atoms with Crippen LogP contribution in [0.2, 0.25) is 0 Å². The molecule has 2 aromatic rings. The van der Waals surface area contributed by atoms with E-state index in [1.165, 1.54) is 0 Å². The van der Waals surface area contributed by atoms with Crippen LogP contribution in [0.25, 0.3) is 5.70 Å². The second-order valence-corrected chi connectivity index (χ2v) is 5.66. The van der Waals surface area contributed by atoms with Gasteiger partial charge in [-0.2, -0.15) is 5.10 Å². The van der Waals surface area contributed by atoms with Gasteiger partial charge in [-0.3, -0.25) is 15.7 Å². The molecule has 0 bridgehead atoms. The maximum atomic E-state index is 9.42. The minimum atomic E-state index is 0.732. The zero-order chi connectivity index (χ0) is 14.1. The molecule has 1 aliphatic heterocycles. The molecule has 4 nitrogen and oxygen atoms in total. The largest absolute Gasteiger partial charge is 0.289 e. The SMILES string of the molecule is C=C1NN=C(Cc2cc(N(C)O)cs2)c2ccccc21. The van der Waals surface area contributed by atoms with E-state index in [4.69, 9.17) is 0 Å². The molecule has 0 saturated heterocycles. The number of hydrogen-bond donors (Lipinski definition) is 2. The van der Waals surface area contributed by atoms with E-state index in [-0.39, 0.29) is 0 Å². The fraction of sp³-hybridized carbons (Fsp3) is 0.133. The van der Waals surface area contributed by atoms with E-state index in [9.17, 15) is 5.21 Å². The highest BCUT2D eigenvalue weighted by molar-refractivity contribution is 7.10. The summed E-state index contributed by atoms with van der Waals surface area (Å²) in [6.45, 7) is 3.97. The highest BCUT2D eigenvalue weighted by Gasteiger charge is 2.17. The van der Waals surface area contributed by atoms with E-state index in [0.29, 0.717) is 0 Å². The molecule has 3 rings (SSSR count). The van der Waals surface area contributed by atoms with Crippen molar-refractivity contribution < 1.29 is 5.21 Å². The van der Waals surface area contributed by atoms with Crippen molar-refractivity contribution in [2.75, 3.05) is 12.1 Å². The van der Waals surface area contributed by atoms with Crippen molar-refractivity contribution in [2.24, 2.45) is 5.10 Å². The summed E-state index contributed by atoms with van der Waals surface area (Å²) in [5.41, 5.74) is 7.79. The number of hydrogen-bond acceptors (Lipinski definition) is 5. The first-order chi connectivity index (χ1) is 9.65. The van der Waals surface area contributed by atoms with E-state index in [1.807, 2.05) is 29.6 Å². The summed E-state index contributed by atoms with van der Waals surface area (Å²) < 4.78 is 0. The lowest BCUT2D eigenvalue weighted by molar-refractivity contribution is 0.280. The lowest BCUT2D eigenvalue weighted by Gasteiger charge is -2.19. The molecule has 20 heavy (non-hydrogen) atoms. The molecule has 0 fully saturated rings. The van der Waals surface area contributed by atoms with Gasteiger partial charge >= 0.3 is 0 Å². The Morgan fingerprint density at radius 1 is 1.35 bits per heavy atom. The van der Waals surface area contributed by atoms with E-state index in [0.717, 1.165) is 44.6 Å². The molecule has 5 heteroatoms. The van der Waals surface area contributed by atoms with E-state index in [1.54, 1.807) is 18.4 Å². The summed E-state index contributed by atoms with van der Waals surface area (Å²) >= 11 is 1.61. The molecule has 1 aliphatic rings. The van der Waals surface area contributed by atoms with Crippen LogP contribution in [0.4, 0.5) is 5.69 Å². The van der Waals surface area contributed by atoms with Gasteiger partial charge in [0.05, 0.1) is 17.1 Å². The van der Waals surface area contributed by atoms with Gasteiger partial charge in [0, 0.05) is 34.9 Å². The van der Waals surface area contributed by atoms with Crippen LogP contribution in [0.1, 0.15) is 16.0 Å². The molecule has 0 radical (unpaired) electrons. The van der Waals surface area contributed by atoms with E-state index in [2.05, 4.69) is 23.2 Å². The van der Waals surface area contributed by atoms with Gasteiger partial charge in [-0.25, -0.2) is 0 Å². The van der Waals surface area contributed by atoms with E-state index < -0.39 is 0 Å². The number of thiophene rings is 1. The van der Waals surface area contributed by atoms with Gasteiger partial charge in [-0.15, -0.1) is 11.3 Å². The summed E-state index contributed by atoms with van der Waals surface area (Å²) in [6, 6.07) is 10.1. The minimum Gasteiger partial charge on any atom is -0.289 e. The Morgan fingerprint density at radius 3 is 2.80 bits per heavy atom. The third-order valence-electron chi connectivity index (χ3n) is 3.24. The number of hydrazone groups is 1. The third-order valence-corrected chi connectivity index (χ3v) is 4.17. The molecule has 0 saturated carbocycles. The Kier molecular flexibility index (Phi) is 3.30. The first-order valence-electron chi connectivity index (χ1n) is 6.26. The highest BCUT2D eigenvalue weighted by Crippen LogP contribution is 2.26. The zero-order valence-corrected chi connectivity index (χ0v) is 11.9. The number of rotatable bonds is 3. The molecule has 1 aromatic carbocycles. The molecule has 2 N–H and O–H groups in total. The molecular weight excluding hydrogens is 270 g/mol. The second-order valence-electron chi connectivity index (χ2n) is 4.67. The van der Waals surface area contributed by atoms with Crippen molar-refractivity contribution >= 4 is 28.4 Å². The van der Waals surface area contributed by atoms with Crippen LogP contribution in [0.5, 0.6) is 0 Å². The Hall–Kier alpha value is -2.11. The van der Waals surface area contributed by atoms with Crippen molar-refractivity contribution in [2.45, 2.75) is 6.42 Å². The predicted molar refractivity (Wildman–Crippen MR) is 83.4 cm³/mol. The monoisotopic (exact) mass is 285 g/mol. The van der Waals surface area contributed by atoms with Gasteiger partial charge in [-0.05, 0) is 6.07 Å². The summed E-state index contributed by atoms with van der Waals surface area (Å²) in [4.78, 5) is 1.16. The number of anilines is 1. The second kappa shape index (κ2) is 5.11. The predicted octanol–water partition coefficient (Wildman–Crippen LogP) is 3.09. The molecule has 0 atom stereocenters. The van der Waals surface area contributed by atoms with Crippen molar-refractivity contribution in [1.82, 2.24) is 5.43 Å². The fourth-order valence-electron chi connectivity index (χ4n) is 2.18. The molecule has 0 unspecified atom stereocenters. The van der Waals surface area contributed by atoms with Gasteiger partial charge in [-0.1, -0.05) is 30.8 Å². The van der Waals surface area contributed by atoms with Gasteiger partial charge in [0.2, 0.25) is 0 Å². The van der Waals surface area contributed by atoms with Crippen molar-refractivity contribution in [3.63, 3.8) is 0 Å². The number of nitrogens with zero attached hydrogens (tertiary/aromatic N) is 2. The topological polar surface area (TPSA) is 47.9 Å². The van der Waals surface area contributed by atoms with Crippen molar-refractivity contribution in [3.05, 3.63) is 58.3 Å². The van der Waals surface area contributed by atoms with Crippen LogP contribution in [0, 0.1) is 0 Å². The molecule has 0 amide bonds. The lowest BCUT2D eigenvalue weighted by Crippen LogP contribution is -2.20. The smallest absolute Gasteiger partial charge is 0.0740 e. The molecule has 2 heterocycles. The first kappa shape index (κ1) is 12.9. The van der Waals surface area contributed by atoms with Crippen LogP contribution in [0.15, 0.2) is 47.4 Å². The number of hydroxylamine groups is 1. The summed E-state index contributed by atoms with van der Waals surface area (Å²) in [7, 11) is 1.62. The van der Waals surface area contributed by atoms with Crippen molar-refractivity contribution in [3.8, 4) is 0 Å². The highest BCUT2D eigenvalue weighted by atomic mass is 32.1. The molecular formula is C15H15N3OS. The average Bonchev–Trinajstić information content (AvgIpc) is 2.91. The van der Waals surface area contributed by atoms with Gasteiger partial charge in [0.25, 0.3) is 0 Å². The molecule has 102 valence electrons. The standard InChI is InChI=1S/C15H15N3OS/c1-10-13-5-3-4-6-14(13)15(17-16-10)8-12-7-11(9-20-12)18(2)19/h3-7,9,16,19H,1,8H2,2H3. The van der Waals surface area contributed by atoms with Crippen molar-refractivity contribution in [1.29, 1.82) is 0 Å². The van der Waals surface area contributed by atoms with Gasteiger partial charge in [0.15, 0.2) is 0 Å². The van der Waals surface area contributed by atoms with Crippen LogP contribution in [0.3, 0.4) is 0 Å². The molecule has 1 aromatic heterocycles. The van der Waals surface area contributed by atoms with Gasteiger partial charge < -0.3 is 0 Å². The van der Waals surface area contributed by atoms with Crippen LogP contribution >= 0.6 is 11.3 Å². The quantitative estimate of drug-likeness (QED) is 0.852. The Labute approximate surface area is 121 Å². The molecule has 0 aliphatic carbocycles. The van der Waals surface area contributed by atoms with Gasteiger partial charge in [0.1, 0.15) is 0 Å². The number of nitrogens with one attached hydrogen (secondary N) is 1. The van der Waals surface area contributed by atoms with E-state index >= 15 is 0 Å². The van der Waals surface area contributed by atoms with Crippen LogP contribution in [-0.2, 0) is 6.42 Å². The minimum absolute atomic E-state index is 0.732. The summed E-state index contributed by atoms with van der Waals surface area (Å²) in [5, 5.41) is 16.9. The Balaban J connectivity index is 1.89. The average molecular weight is 285 g/mol. The van der Waals surface area contributed by atoms with Crippen LogP contribution in [-0.4, -0.2) is 18.0 Å². The Bertz CT molecular complexity index is 688. The molecule has 0 spiro atoms.